The number of methoxy groups -OCH3 is 1. The predicted octanol–water partition coefficient (Wildman–Crippen LogP) is 1.78. The Kier molecular flexibility index (Phi) is 4.07. The number of halogens is 1. The van der Waals surface area contributed by atoms with Crippen molar-refractivity contribution in [1.82, 2.24) is 0 Å². The van der Waals surface area contributed by atoms with Gasteiger partial charge in [-0.3, -0.25) is 0 Å². The molecular formula is C11H13FN2O. The highest BCUT2D eigenvalue weighted by Crippen LogP contribution is 2.16. The summed E-state index contributed by atoms with van der Waals surface area (Å²) in [6.07, 6.45) is 0. The Labute approximate surface area is 88.7 Å². The Balaban J connectivity index is 2.84. The lowest BCUT2D eigenvalue weighted by Crippen LogP contribution is -2.22. The molecule has 15 heavy (non-hydrogen) atoms. The second-order valence-electron chi connectivity index (χ2n) is 3.22. The summed E-state index contributed by atoms with van der Waals surface area (Å²) in [5, 5.41) is 8.68. The van der Waals surface area contributed by atoms with Gasteiger partial charge in [0.15, 0.2) is 0 Å². The summed E-state index contributed by atoms with van der Waals surface area (Å²) >= 11 is 0. The Morgan fingerprint density at radius 2 is 2.20 bits per heavy atom. The van der Waals surface area contributed by atoms with Crippen molar-refractivity contribution < 1.29 is 9.13 Å². The molecule has 1 rings (SSSR count). The molecule has 0 saturated heterocycles. The first-order valence-electron chi connectivity index (χ1n) is 4.58. The van der Waals surface area contributed by atoms with Crippen LogP contribution in [0.15, 0.2) is 18.2 Å². The fraction of sp³-hybridized carbons (Fsp3) is 0.364. The molecule has 0 heterocycles. The van der Waals surface area contributed by atoms with Crippen molar-refractivity contribution in [3.05, 3.63) is 29.6 Å². The van der Waals surface area contributed by atoms with Crippen molar-refractivity contribution >= 4 is 5.69 Å². The van der Waals surface area contributed by atoms with Crippen LogP contribution in [0.25, 0.3) is 0 Å². The molecule has 0 spiro atoms. The van der Waals surface area contributed by atoms with Gasteiger partial charge in [-0.15, -0.1) is 0 Å². The van der Waals surface area contributed by atoms with Gasteiger partial charge in [0.2, 0.25) is 0 Å². The molecule has 1 aromatic carbocycles. The van der Waals surface area contributed by atoms with E-state index in [1.807, 2.05) is 18.0 Å². The molecule has 0 aromatic heterocycles. The smallest absolute Gasteiger partial charge is 0.126 e. The largest absolute Gasteiger partial charge is 0.383 e. The van der Waals surface area contributed by atoms with Crippen LogP contribution >= 0.6 is 0 Å². The average Bonchev–Trinajstić information content (AvgIpc) is 2.24. The summed E-state index contributed by atoms with van der Waals surface area (Å²) in [7, 11) is 3.44. The molecule has 0 N–H and O–H groups in total. The van der Waals surface area contributed by atoms with Crippen LogP contribution in [0, 0.1) is 17.1 Å². The van der Waals surface area contributed by atoms with E-state index in [0.717, 1.165) is 0 Å². The number of hydrogen-bond donors (Lipinski definition) is 0. The highest BCUT2D eigenvalue weighted by atomic mass is 19.1. The van der Waals surface area contributed by atoms with E-state index in [-0.39, 0.29) is 0 Å². The molecule has 4 heteroatoms. The second-order valence-corrected chi connectivity index (χ2v) is 3.22. The van der Waals surface area contributed by atoms with E-state index in [0.29, 0.717) is 24.4 Å². The van der Waals surface area contributed by atoms with Crippen molar-refractivity contribution in [3.63, 3.8) is 0 Å². The van der Waals surface area contributed by atoms with Crippen LogP contribution in [0.3, 0.4) is 0 Å². The minimum Gasteiger partial charge on any atom is -0.383 e. The zero-order valence-electron chi connectivity index (χ0n) is 8.83. The minimum absolute atomic E-state index is 0.328. The quantitative estimate of drug-likeness (QED) is 0.756. The lowest BCUT2D eigenvalue weighted by atomic mass is 10.2. The number of hydrogen-bond acceptors (Lipinski definition) is 3. The number of nitriles is 1. The number of ether oxygens (including phenoxy) is 1. The third-order valence-electron chi connectivity index (χ3n) is 2.08. The molecule has 0 radical (unpaired) electrons. The zero-order chi connectivity index (χ0) is 11.3. The number of nitrogens with zero attached hydrogens (tertiary/aromatic N) is 2. The monoisotopic (exact) mass is 208 g/mol. The third kappa shape index (κ3) is 3.22. The molecule has 0 saturated carbocycles. The van der Waals surface area contributed by atoms with Crippen LogP contribution < -0.4 is 4.90 Å². The van der Waals surface area contributed by atoms with E-state index in [2.05, 4.69) is 0 Å². The summed E-state index contributed by atoms with van der Waals surface area (Å²) in [6.45, 7) is 1.22. The van der Waals surface area contributed by atoms with Crippen molar-refractivity contribution in [2.24, 2.45) is 0 Å². The predicted molar refractivity (Wildman–Crippen MR) is 56.3 cm³/mol. The van der Waals surface area contributed by atoms with Gasteiger partial charge in [-0.1, -0.05) is 0 Å². The molecule has 0 unspecified atom stereocenters. The van der Waals surface area contributed by atoms with E-state index in [4.69, 9.17) is 10.00 Å². The maximum absolute atomic E-state index is 13.1. The first kappa shape index (κ1) is 11.5. The standard InChI is InChI=1S/C11H13FN2O/c1-14(3-4-15-2)11-6-9(8-13)5-10(12)7-11/h5-7H,3-4H2,1-2H3. The van der Waals surface area contributed by atoms with Crippen LogP contribution in [0.4, 0.5) is 10.1 Å². The van der Waals surface area contributed by atoms with Gasteiger partial charge < -0.3 is 9.64 Å². The molecule has 0 aliphatic carbocycles. The van der Waals surface area contributed by atoms with Gasteiger partial charge in [-0.05, 0) is 18.2 Å². The lowest BCUT2D eigenvalue weighted by molar-refractivity contribution is 0.206. The second kappa shape index (κ2) is 5.32. The van der Waals surface area contributed by atoms with Crippen molar-refractivity contribution in [1.29, 1.82) is 5.26 Å². The lowest BCUT2D eigenvalue weighted by Gasteiger charge is -2.18. The van der Waals surface area contributed by atoms with Crippen LogP contribution in [0.1, 0.15) is 5.56 Å². The molecule has 0 fully saturated rings. The molecule has 3 nitrogen and oxygen atoms in total. The SMILES string of the molecule is COCCN(C)c1cc(F)cc(C#N)c1. The Morgan fingerprint density at radius 1 is 1.47 bits per heavy atom. The van der Waals surface area contributed by atoms with Gasteiger partial charge in [0.1, 0.15) is 5.82 Å². The molecule has 80 valence electrons. The Morgan fingerprint density at radius 3 is 2.80 bits per heavy atom. The minimum atomic E-state index is -0.395. The maximum Gasteiger partial charge on any atom is 0.126 e. The fourth-order valence-corrected chi connectivity index (χ4v) is 1.22. The van der Waals surface area contributed by atoms with Crippen molar-refractivity contribution in [3.8, 4) is 6.07 Å². The fourth-order valence-electron chi connectivity index (χ4n) is 1.22. The summed E-state index contributed by atoms with van der Waals surface area (Å²) in [5.74, 6) is -0.395. The molecule has 0 atom stereocenters. The van der Waals surface area contributed by atoms with Crippen molar-refractivity contribution in [2.75, 3.05) is 32.2 Å². The topological polar surface area (TPSA) is 36.3 Å². The number of benzene rings is 1. The van der Waals surface area contributed by atoms with Gasteiger partial charge >= 0.3 is 0 Å². The van der Waals surface area contributed by atoms with Gasteiger partial charge in [0.05, 0.1) is 18.2 Å². The molecule has 0 amide bonds. The summed E-state index contributed by atoms with van der Waals surface area (Å²) in [4.78, 5) is 1.84. The van der Waals surface area contributed by atoms with E-state index >= 15 is 0 Å². The van der Waals surface area contributed by atoms with E-state index < -0.39 is 5.82 Å². The molecule has 0 bridgehead atoms. The van der Waals surface area contributed by atoms with Crippen LogP contribution in [0.2, 0.25) is 0 Å². The van der Waals surface area contributed by atoms with Crippen LogP contribution in [-0.2, 0) is 4.74 Å². The van der Waals surface area contributed by atoms with E-state index in [9.17, 15) is 4.39 Å². The average molecular weight is 208 g/mol. The van der Waals surface area contributed by atoms with Gasteiger partial charge in [0.25, 0.3) is 0 Å². The summed E-state index contributed by atoms with van der Waals surface area (Å²) in [5.41, 5.74) is 1.01. The Bertz CT molecular complexity index is 373. The number of anilines is 1. The molecular weight excluding hydrogens is 195 g/mol. The Hall–Kier alpha value is -1.60. The van der Waals surface area contributed by atoms with E-state index in [1.165, 1.54) is 12.1 Å². The third-order valence-corrected chi connectivity index (χ3v) is 2.08. The van der Waals surface area contributed by atoms with E-state index in [1.54, 1.807) is 13.2 Å². The highest BCUT2D eigenvalue weighted by Gasteiger charge is 2.04. The summed E-state index contributed by atoms with van der Waals surface area (Å²) < 4.78 is 18.0. The van der Waals surface area contributed by atoms with Crippen LogP contribution in [-0.4, -0.2) is 27.3 Å². The zero-order valence-corrected chi connectivity index (χ0v) is 8.83. The maximum atomic E-state index is 13.1. The molecule has 0 aliphatic rings. The molecule has 0 aliphatic heterocycles. The van der Waals surface area contributed by atoms with Gasteiger partial charge in [-0.25, -0.2) is 4.39 Å². The van der Waals surface area contributed by atoms with Crippen LogP contribution in [0.5, 0.6) is 0 Å². The summed E-state index contributed by atoms with van der Waals surface area (Å²) in [6, 6.07) is 6.19. The molecule has 1 aromatic rings. The van der Waals surface area contributed by atoms with Gasteiger partial charge in [-0.2, -0.15) is 5.26 Å². The number of likely N-dealkylation sites (N-methyl/N-ethyl adjacent to an activating group) is 1. The highest BCUT2D eigenvalue weighted by molar-refractivity contribution is 5.51. The number of rotatable bonds is 4. The normalized spacial score (nSPS) is 9.73. The first-order valence-corrected chi connectivity index (χ1v) is 4.58. The van der Waals surface area contributed by atoms with Gasteiger partial charge in [0, 0.05) is 26.4 Å². The van der Waals surface area contributed by atoms with Crippen molar-refractivity contribution in [2.45, 2.75) is 0 Å². The first-order chi connectivity index (χ1) is 7.17.